The molecule has 0 saturated heterocycles. The number of rotatable bonds is 4. The zero-order chi connectivity index (χ0) is 17.2. The Labute approximate surface area is 145 Å². The van der Waals surface area contributed by atoms with E-state index in [0.717, 1.165) is 27.9 Å². The maximum atomic E-state index is 13.3. The third-order valence-corrected chi connectivity index (χ3v) is 4.35. The largest absolute Gasteiger partial charge is 0.497 e. The molecule has 4 rings (SSSR count). The Morgan fingerprint density at radius 1 is 0.840 bits per heavy atom. The van der Waals surface area contributed by atoms with Crippen LogP contribution in [0.15, 0.2) is 78.9 Å². The summed E-state index contributed by atoms with van der Waals surface area (Å²) in [6.07, 6.45) is 0. The van der Waals surface area contributed by atoms with E-state index in [4.69, 9.17) is 4.74 Å². The van der Waals surface area contributed by atoms with Crippen LogP contribution in [0.5, 0.6) is 5.75 Å². The molecule has 4 aromatic rings. The number of nitrogens with one attached hydrogen (secondary N) is 1. The summed E-state index contributed by atoms with van der Waals surface area (Å²) in [6.45, 7) is 0. The van der Waals surface area contributed by atoms with E-state index in [2.05, 4.69) is 4.98 Å². The van der Waals surface area contributed by atoms with E-state index in [1.807, 2.05) is 66.7 Å². The molecule has 122 valence electrons. The summed E-state index contributed by atoms with van der Waals surface area (Å²) >= 11 is 0. The Morgan fingerprint density at radius 2 is 1.52 bits per heavy atom. The minimum Gasteiger partial charge on any atom is -0.497 e. The monoisotopic (exact) mass is 327 g/mol. The van der Waals surface area contributed by atoms with Crippen molar-refractivity contribution in [3.8, 4) is 17.0 Å². The van der Waals surface area contributed by atoms with Crippen LogP contribution in [-0.4, -0.2) is 17.9 Å². The highest BCUT2D eigenvalue weighted by Crippen LogP contribution is 2.32. The van der Waals surface area contributed by atoms with Gasteiger partial charge in [-0.25, -0.2) is 0 Å². The van der Waals surface area contributed by atoms with Gasteiger partial charge in [0, 0.05) is 16.5 Å². The fourth-order valence-corrected chi connectivity index (χ4v) is 3.09. The predicted molar refractivity (Wildman–Crippen MR) is 100 cm³/mol. The van der Waals surface area contributed by atoms with E-state index in [1.54, 1.807) is 19.2 Å². The lowest BCUT2D eigenvalue weighted by atomic mass is 9.97. The highest BCUT2D eigenvalue weighted by Gasteiger charge is 2.20. The van der Waals surface area contributed by atoms with Crippen LogP contribution in [0.1, 0.15) is 15.9 Å². The molecule has 0 fully saturated rings. The number of H-pyrrole nitrogens is 1. The van der Waals surface area contributed by atoms with Crippen LogP contribution in [-0.2, 0) is 0 Å². The van der Waals surface area contributed by atoms with Crippen LogP contribution in [0.2, 0.25) is 0 Å². The molecule has 0 aliphatic carbocycles. The number of hydrogen-bond donors (Lipinski definition) is 1. The molecule has 0 aliphatic heterocycles. The van der Waals surface area contributed by atoms with E-state index in [-0.39, 0.29) is 5.78 Å². The molecule has 0 aliphatic rings. The lowest BCUT2D eigenvalue weighted by Crippen LogP contribution is -2.02. The SMILES string of the molecule is COc1ccc(C(=O)c2c(-c3ccccc3)[nH]c3ccccc23)cc1. The van der Waals surface area contributed by atoms with Gasteiger partial charge in [0.05, 0.1) is 18.4 Å². The molecule has 0 atom stereocenters. The molecule has 3 heteroatoms. The average Bonchev–Trinajstić information content (AvgIpc) is 3.08. The number of aromatic amines is 1. The number of fused-ring (bicyclic) bond motifs is 1. The molecule has 0 spiro atoms. The van der Waals surface area contributed by atoms with Crippen molar-refractivity contribution in [3.63, 3.8) is 0 Å². The minimum atomic E-state index is -0.000967. The Kier molecular flexibility index (Phi) is 3.82. The summed E-state index contributed by atoms with van der Waals surface area (Å²) in [5.41, 5.74) is 4.14. The number of para-hydroxylation sites is 1. The van der Waals surface area contributed by atoms with Crippen molar-refractivity contribution in [2.75, 3.05) is 7.11 Å². The molecule has 0 radical (unpaired) electrons. The van der Waals surface area contributed by atoms with E-state index in [1.165, 1.54) is 0 Å². The second kappa shape index (κ2) is 6.29. The minimum absolute atomic E-state index is 0.000967. The highest BCUT2D eigenvalue weighted by molar-refractivity contribution is 6.20. The van der Waals surface area contributed by atoms with Gasteiger partial charge in [0.15, 0.2) is 5.78 Å². The molecule has 3 nitrogen and oxygen atoms in total. The molecule has 3 aromatic carbocycles. The van der Waals surface area contributed by atoms with Crippen molar-refractivity contribution in [3.05, 3.63) is 90.0 Å². The van der Waals surface area contributed by atoms with E-state index >= 15 is 0 Å². The topological polar surface area (TPSA) is 42.1 Å². The second-order valence-electron chi connectivity index (χ2n) is 5.84. The van der Waals surface area contributed by atoms with E-state index in [9.17, 15) is 4.79 Å². The number of ether oxygens (including phenoxy) is 1. The van der Waals surface area contributed by atoms with Gasteiger partial charge in [0.2, 0.25) is 0 Å². The zero-order valence-corrected chi connectivity index (χ0v) is 13.8. The number of carbonyl (C=O) groups excluding carboxylic acids is 1. The number of benzene rings is 3. The molecule has 1 aromatic heterocycles. The van der Waals surface area contributed by atoms with Crippen molar-refractivity contribution in [2.45, 2.75) is 0 Å². The molecule has 0 amide bonds. The van der Waals surface area contributed by atoms with Gasteiger partial charge in [0.1, 0.15) is 5.75 Å². The van der Waals surface area contributed by atoms with Gasteiger partial charge in [-0.2, -0.15) is 0 Å². The first kappa shape index (κ1) is 15.2. The first-order chi connectivity index (χ1) is 12.3. The molecule has 1 heterocycles. The first-order valence-electron chi connectivity index (χ1n) is 8.13. The lowest BCUT2D eigenvalue weighted by molar-refractivity contribution is 0.104. The van der Waals surface area contributed by atoms with E-state index < -0.39 is 0 Å². The Morgan fingerprint density at radius 3 is 2.24 bits per heavy atom. The molecular weight excluding hydrogens is 310 g/mol. The Bertz CT molecular complexity index is 1030. The second-order valence-corrected chi connectivity index (χ2v) is 5.84. The maximum Gasteiger partial charge on any atom is 0.195 e. The summed E-state index contributed by atoms with van der Waals surface area (Å²) in [5, 5.41) is 0.933. The first-order valence-corrected chi connectivity index (χ1v) is 8.13. The normalized spacial score (nSPS) is 10.8. The van der Waals surface area contributed by atoms with Crippen LogP contribution in [0.3, 0.4) is 0 Å². The van der Waals surface area contributed by atoms with Gasteiger partial charge in [-0.05, 0) is 35.9 Å². The standard InChI is InChI=1S/C22H17NO2/c1-25-17-13-11-16(12-14-17)22(24)20-18-9-5-6-10-19(18)23-21(20)15-7-3-2-4-8-15/h2-14,23H,1H3. The molecule has 1 N–H and O–H groups in total. The van der Waals surface area contributed by atoms with Gasteiger partial charge in [0.25, 0.3) is 0 Å². The number of methoxy groups -OCH3 is 1. The zero-order valence-electron chi connectivity index (χ0n) is 13.8. The quantitative estimate of drug-likeness (QED) is 0.531. The van der Waals surface area contributed by atoms with Gasteiger partial charge < -0.3 is 9.72 Å². The Hall–Kier alpha value is -3.33. The van der Waals surface area contributed by atoms with Crippen LogP contribution in [0.4, 0.5) is 0 Å². The number of carbonyl (C=O) groups is 1. The summed E-state index contributed by atoms with van der Waals surface area (Å²) < 4.78 is 5.19. The maximum absolute atomic E-state index is 13.3. The smallest absolute Gasteiger partial charge is 0.195 e. The lowest BCUT2D eigenvalue weighted by Gasteiger charge is -2.06. The summed E-state index contributed by atoms with van der Waals surface area (Å²) in [4.78, 5) is 16.7. The molecule has 0 saturated carbocycles. The number of aromatic nitrogens is 1. The third kappa shape index (κ3) is 2.70. The van der Waals surface area contributed by atoms with Gasteiger partial charge in [-0.15, -0.1) is 0 Å². The average molecular weight is 327 g/mol. The van der Waals surface area contributed by atoms with Crippen LogP contribution in [0, 0.1) is 0 Å². The molecule has 0 bridgehead atoms. The van der Waals surface area contributed by atoms with Crippen molar-refractivity contribution < 1.29 is 9.53 Å². The van der Waals surface area contributed by atoms with Crippen molar-refractivity contribution in [1.82, 2.24) is 4.98 Å². The van der Waals surface area contributed by atoms with Gasteiger partial charge in [-0.1, -0.05) is 48.5 Å². The Balaban J connectivity index is 1.91. The highest BCUT2D eigenvalue weighted by atomic mass is 16.5. The number of ketones is 1. The van der Waals surface area contributed by atoms with Crippen LogP contribution >= 0.6 is 0 Å². The molecule has 25 heavy (non-hydrogen) atoms. The summed E-state index contributed by atoms with van der Waals surface area (Å²) in [6, 6.07) is 25.1. The van der Waals surface area contributed by atoms with Crippen molar-refractivity contribution in [2.24, 2.45) is 0 Å². The summed E-state index contributed by atoms with van der Waals surface area (Å²) in [5.74, 6) is 0.734. The fraction of sp³-hybridized carbons (Fsp3) is 0.0455. The van der Waals surface area contributed by atoms with Crippen molar-refractivity contribution >= 4 is 16.7 Å². The van der Waals surface area contributed by atoms with Gasteiger partial charge in [-0.3, -0.25) is 4.79 Å². The van der Waals surface area contributed by atoms with Crippen LogP contribution in [0.25, 0.3) is 22.2 Å². The predicted octanol–water partition coefficient (Wildman–Crippen LogP) is 5.07. The summed E-state index contributed by atoms with van der Waals surface area (Å²) in [7, 11) is 1.62. The van der Waals surface area contributed by atoms with Crippen LogP contribution < -0.4 is 4.74 Å². The molecular formula is C22H17NO2. The van der Waals surface area contributed by atoms with Crippen molar-refractivity contribution in [1.29, 1.82) is 0 Å². The van der Waals surface area contributed by atoms with E-state index in [0.29, 0.717) is 11.1 Å². The molecule has 0 unspecified atom stereocenters. The fourth-order valence-electron chi connectivity index (χ4n) is 3.09. The third-order valence-electron chi connectivity index (χ3n) is 4.35. The number of hydrogen-bond acceptors (Lipinski definition) is 2. The van der Waals surface area contributed by atoms with Gasteiger partial charge >= 0.3 is 0 Å².